The van der Waals surface area contributed by atoms with E-state index in [0.29, 0.717) is 6.04 Å². The first-order valence-electron chi connectivity index (χ1n) is 6.98. The average Bonchev–Trinajstić information content (AvgIpc) is 2.41. The van der Waals surface area contributed by atoms with Gasteiger partial charge in [-0.15, -0.1) is 0 Å². The highest BCUT2D eigenvalue weighted by molar-refractivity contribution is 14.1. The zero-order valence-electron chi connectivity index (χ0n) is 11.2. The van der Waals surface area contributed by atoms with Crippen molar-refractivity contribution in [2.75, 3.05) is 19.6 Å². The summed E-state index contributed by atoms with van der Waals surface area (Å²) in [6.07, 6.45) is 4.07. The number of hydrogen-bond donors (Lipinski definition) is 1. The van der Waals surface area contributed by atoms with Crippen LogP contribution in [0.25, 0.3) is 0 Å². The van der Waals surface area contributed by atoms with Gasteiger partial charge in [-0.25, -0.2) is 0 Å². The molecule has 0 amide bonds. The van der Waals surface area contributed by atoms with Crippen molar-refractivity contribution in [3.8, 4) is 0 Å². The fourth-order valence-corrected chi connectivity index (χ4v) is 2.90. The molecule has 18 heavy (non-hydrogen) atoms. The number of nitrogens with one attached hydrogen (secondary N) is 1. The van der Waals surface area contributed by atoms with E-state index in [1.54, 1.807) is 0 Å². The number of piperidine rings is 1. The molecule has 1 heterocycles. The van der Waals surface area contributed by atoms with Crippen LogP contribution in [0.2, 0.25) is 0 Å². The molecule has 0 aliphatic carbocycles. The van der Waals surface area contributed by atoms with Gasteiger partial charge in [-0.3, -0.25) is 4.90 Å². The Balaban J connectivity index is 1.86. The third kappa shape index (κ3) is 4.52. The number of rotatable bonds is 5. The fourth-order valence-electron chi connectivity index (χ4n) is 2.54. The minimum absolute atomic E-state index is 0.697. The Hall–Kier alpha value is -0.130. The minimum Gasteiger partial charge on any atom is -0.313 e. The van der Waals surface area contributed by atoms with Crippen LogP contribution in [-0.4, -0.2) is 30.6 Å². The molecule has 0 spiro atoms. The van der Waals surface area contributed by atoms with Crippen molar-refractivity contribution >= 4 is 22.6 Å². The van der Waals surface area contributed by atoms with E-state index in [-0.39, 0.29) is 0 Å². The Morgan fingerprint density at radius 2 is 2.06 bits per heavy atom. The average molecular weight is 358 g/mol. The van der Waals surface area contributed by atoms with E-state index in [2.05, 4.69) is 64.0 Å². The van der Waals surface area contributed by atoms with Gasteiger partial charge in [0, 0.05) is 22.7 Å². The second-order valence-corrected chi connectivity index (χ2v) is 6.35. The minimum atomic E-state index is 0.697. The maximum absolute atomic E-state index is 3.64. The van der Waals surface area contributed by atoms with E-state index < -0.39 is 0 Å². The molecule has 100 valence electrons. The van der Waals surface area contributed by atoms with Gasteiger partial charge in [0.1, 0.15) is 0 Å². The number of halogens is 1. The van der Waals surface area contributed by atoms with Crippen molar-refractivity contribution in [1.29, 1.82) is 0 Å². The zero-order chi connectivity index (χ0) is 12.8. The molecule has 1 aliphatic heterocycles. The van der Waals surface area contributed by atoms with Crippen LogP contribution in [0.5, 0.6) is 0 Å². The monoisotopic (exact) mass is 358 g/mol. The smallest absolute Gasteiger partial charge is 0.0234 e. The Morgan fingerprint density at radius 3 is 2.67 bits per heavy atom. The van der Waals surface area contributed by atoms with Gasteiger partial charge in [-0.05, 0) is 66.2 Å². The molecule has 0 radical (unpaired) electrons. The molecule has 1 aromatic rings. The molecule has 0 bridgehead atoms. The molecule has 0 aromatic heterocycles. The van der Waals surface area contributed by atoms with Gasteiger partial charge >= 0.3 is 0 Å². The molecule has 3 heteroatoms. The standard InChI is InChI=1S/C15H23IN2/c1-2-18(12-15-5-3-4-10-17-15)11-13-6-8-14(16)9-7-13/h6-9,15,17H,2-5,10-12H2,1H3. The summed E-state index contributed by atoms with van der Waals surface area (Å²) in [5, 5.41) is 3.64. The summed E-state index contributed by atoms with van der Waals surface area (Å²) in [5.41, 5.74) is 1.42. The van der Waals surface area contributed by atoms with Crippen LogP contribution >= 0.6 is 22.6 Å². The van der Waals surface area contributed by atoms with Gasteiger partial charge in [0.25, 0.3) is 0 Å². The van der Waals surface area contributed by atoms with Crippen LogP contribution in [-0.2, 0) is 6.54 Å². The van der Waals surface area contributed by atoms with E-state index in [1.807, 2.05) is 0 Å². The molecule has 2 rings (SSSR count). The summed E-state index contributed by atoms with van der Waals surface area (Å²) < 4.78 is 1.31. The molecule has 2 nitrogen and oxygen atoms in total. The van der Waals surface area contributed by atoms with Crippen LogP contribution in [0.4, 0.5) is 0 Å². The first kappa shape index (κ1) is 14.3. The molecule has 1 fully saturated rings. The van der Waals surface area contributed by atoms with Crippen molar-refractivity contribution < 1.29 is 0 Å². The van der Waals surface area contributed by atoms with Gasteiger partial charge in [0.05, 0.1) is 0 Å². The summed E-state index contributed by atoms with van der Waals surface area (Å²) >= 11 is 2.36. The molecule has 1 N–H and O–H groups in total. The van der Waals surface area contributed by atoms with Crippen molar-refractivity contribution in [3.63, 3.8) is 0 Å². The lowest BCUT2D eigenvalue weighted by Gasteiger charge is -2.30. The largest absolute Gasteiger partial charge is 0.313 e. The predicted octanol–water partition coefficient (Wildman–Crippen LogP) is 3.26. The molecule has 0 saturated carbocycles. The Kier molecular flexibility index (Phi) is 5.92. The first-order chi connectivity index (χ1) is 8.78. The second kappa shape index (κ2) is 7.46. The van der Waals surface area contributed by atoms with Crippen molar-refractivity contribution in [2.45, 2.75) is 38.8 Å². The molecular formula is C15H23IN2. The summed E-state index contributed by atoms with van der Waals surface area (Å²) in [4.78, 5) is 2.55. The Labute approximate surface area is 124 Å². The third-order valence-corrected chi connectivity index (χ3v) is 4.38. The normalized spacial score (nSPS) is 20.3. The quantitative estimate of drug-likeness (QED) is 0.813. The van der Waals surface area contributed by atoms with E-state index in [0.717, 1.165) is 13.1 Å². The van der Waals surface area contributed by atoms with Gasteiger partial charge < -0.3 is 5.32 Å². The number of nitrogens with zero attached hydrogens (tertiary/aromatic N) is 1. The summed E-state index contributed by atoms with van der Waals surface area (Å²) in [5.74, 6) is 0. The summed E-state index contributed by atoms with van der Waals surface area (Å²) in [6, 6.07) is 9.59. The van der Waals surface area contributed by atoms with Crippen molar-refractivity contribution in [2.24, 2.45) is 0 Å². The van der Waals surface area contributed by atoms with Crippen LogP contribution in [0, 0.1) is 3.57 Å². The molecule has 1 aliphatic rings. The lowest BCUT2D eigenvalue weighted by molar-refractivity contribution is 0.226. The van der Waals surface area contributed by atoms with Gasteiger partial charge in [0.15, 0.2) is 0 Å². The molecule has 1 saturated heterocycles. The predicted molar refractivity (Wildman–Crippen MR) is 85.8 cm³/mol. The molecular weight excluding hydrogens is 335 g/mol. The number of hydrogen-bond acceptors (Lipinski definition) is 2. The number of benzene rings is 1. The van der Waals surface area contributed by atoms with Gasteiger partial charge in [-0.1, -0.05) is 25.5 Å². The third-order valence-electron chi connectivity index (χ3n) is 3.66. The van der Waals surface area contributed by atoms with E-state index in [1.165, 1.54) is 41.5 Å². The van der Waals surface area contributed by atoms with Gasteiger partial charge in [-0.2, -0.15) is 0 Å². The highest BCUT2D eigenvalue weighted by atomic mass is 127. The SMILES string of the molecule is CCN(Cc1ccc(I)cc1)CC1CCCCN1. The van der Waals surface area contributed by atoms with Crippen LogP contribution in [0.1, 0.15) is 31.7 Å². The summed E-state index contributed by atoms with van der Waals surface area (Å²) in [6.45, 7) is 6.85. The first-order valence-corrected chi connectivity index (χ1v) is 8.06. The highest BCUT2D eigenvalue weighted by Crippen LogP contribution is 2.12. The summed E-state index contributed by atoms with van der Waals surface area (Å²) in [7, 11) is 0. The number of likely N-dealkylation sites (N-methyl/N-ethyl adjacent to an activating group) is 1. The van der Waals surface area contributed by atoms with Crippen LogP contribution in [0.15, 0.2) is 24.3 Å². The maximum Gasteiger partial charge on any atom is 0.0234 e. The molecule has 1 unspecified atom stereocenters. The molecule has 1 aromatic carbocycles. The molecule has 1 atom stereocenters. The van der Waals surface area contributed by atoms with Crippen LogP contribution < -0.4 is 5.32 Å². The fraction of sp³-hybridized carbons (Fsp3) is 0.600. The van der Waals surface area contributed by atoms with Crippen LogP contribution in [0.3, 0.4) is 0 Å². The Bertz CT molecular complexity index is 344. The van der Waals surface area contributed by atoms with E-state index >= 15 is 0 Å². The van der Waals surface area contributed by atoms with E-state index in [4.69, 9.17) is 0 Å². The second-order valence-electron chi connectivity index (χ2n) is 5.10. The van der Waals surface area contributed by atoms with E-state index in [9.17, 15) is 0 Å². The highest BCUT2D eigenvalue weighted by Gasteiger charge is 2.15. The topological polar surface area (TPSA) is 15.3 Å². The lowest BCUT2D eigenvalue weighted by atomic mass is 10.0. The van der Waals surface area contributed by atoms with Gasteiger partial charge in [0.2, 0.25) is 0 Å². The van der Waals surface area contributed by atoms with Crippen molar-refractivity contribution in [1.82, 2.24) is 10.2 Å². The lowest BCUT2D eigenvalue weighted by Crippen LogP contribution is -2.43. The van der Waals surface area contributed by atoms with Crippen molar-refractivity contribution in [3.05, 3.63) is 33.4 Å². The zero-order valence-corrected chi connectivity index (χ0v) is 13.3. The maximum atomic E-state index is 3.64. The Morgan fingerprint density at radius 1 is 1.28 bits per heavy atom.